The molecule has 0 aliphatic carbocycles. The molecule has 0 atom stereocenters. The lowest BCUT2D eigenvalue weighted by Crippen LogP contribution is -2.19. The standard InChI is InChI=1S/C17H17N3OS/c1-3-20-10-6-8-13(20)11-15-16(21)19-17(22-15)18-14-9-5-4-7-12(14)2/h4-11H,3H2,1-2H3,(H,18,19,21)/b15-11-. The maximum Gasteiger partial charge on any atom is 0.264 e. The molecule has 2 heterocycles. The molecule has 1 aliphatic rings. The third-order valence-electron chi connectivity index (χ3n) is 3.47. The van der Waals surface area contributed by atoms with Gasteiger partial charge in [0.2, 0.25) is 0 Å². The minimum atomic E-state index is -0.0961. The fraction of sp³-hybridized carbons (Fsp3) is 0.176. The molecule has 4 nitrogen and oxygen atoms in total. The first-order valence-corrected chi connectivity index (χ1v) is 7.99. The van der Waals surface area contributed by atoms with Crippen LogP contribution in [-0.4, -0.2) is 15.6 Å². The molecule has 112 valence electrons. The summed E-state index contributed by atoms with van der Waals surface area (Å²) >= 11 is 1.38. The molecule has 1 amide bonds. The summed E-state index contributed by atoms with van der Waals surface area (Å²) in [6.45, 7) is 4.96. The highest BCUT2D eigenvalue weighted by molar-refractivity contribution is 8.18. The molecule has 0 spiro atoms. The van der Waals surface area contributed by atoms with Gasteiger partial charge in [0.15, 0.2) is 5.17 Å². The van der Waals surface area contributed by atoms with Gasteiger partial charge in [-0.1, -0.05) is 18.2 Å². The zero-order chi connectivity index (χ0) is 15.5. The van der Waals surface area contributed by atoms with Gasteiger partial charge in [0, 0.05) is 18.4 Å². The normalized spacial score (nSPS) is 18.2. The molecule has 0 saturated carbocycles. The van der Waals surface area contributed by atoms with Crippen LogP contribution < -0.4 is 5.32 Å². The van der Waals surface area contributed by atoms with Gasteiger partial charge in [-0.3, -0.25) is 4.79 Å². The smallest absolute Gasteiger partial charge is 0.264 e. The molecule has 0 unspecified atom stereocenters. The molecule has 3 rings (SSSR count). The number of aromatic nitrogens is 1. The second-order valence-electron chi connectivity index (χ2n) is 4.99. The summed E-state index contributed by atoms with van der Waals surface area (Å²) in [6, 6.07) is 11.9. The van der Waals surface area contributed by atoms with Crippen LogP contribution in [0.5, 0.6) is 0 Å². The van der Waals surface area contributed by atoms with E-state index in [1.807, 2.05) is 55.6 Å². The minimum absolute atomic E-state index is 0.0961. The number of hydrogen-bond acceptors (Lipinski definition) is 3. The molecule has 1 fully saturated rings. The molecular formula is C17H17N3OS. The van der Waals surface area contributed by atoms with Crippen LogP contribution in [0.4, 0.5) is 5.69 Å². The van der Waals surface area contributed by atoms with Crippen molar-refractivity contribution in [3.8, 4) is 0 Å². The van der Waals surface area contributed by atoms with Crippen LogP contribution >= 0.6 is 11.8 Å². The van der Waals surface area contributed by atoms with E-state index in [4.69, 9.17) is 0 Å². The monoisotopic (exact) mass is 311 g/mol. The maximum atomic E-state index is 12.1. The Morgan fingerprint density at radius 1 is 1.27 bits per heavy atom. The number of amides is 1. The SMILES string of the molecule is CCn1cccc1/C=C1\SC(=Nc2ccccc2C)NC1=O. The lowest BCUT2D eigenvalue weighted by atomic mass is 10.2. The van der Waals surface area contributed by atoms with E-state index in [9.17, 15) is 4.79 Å². The topological polar surface area (TPSA) is 46.4 Å². The predicted molar refractivity (Wildman–Crippen MR) is 92.1 cm³/mol. The Morgan fingerprint density at radius 3 is 2.86 bits per heavy atom. The van der Waals surface area contributed by atoms with E-state index in [2.05, 4.69) is 21.8 Å². The molecule has 1 aromatic carbocycles. The van der Waals surface area contributed by atoms with Gasteiger partial charge >= 0.3 is 0 Å². The number of hydrogen-bond donors (Lipinski definition) is 1. The molecule has 0 radical (unpaired) electrons. The van der Waals surface area contributed by atoms with Crippen molar-refractivity contribution >= 4 is 34.6 Å². The Kier molecular flexibility index (Phi) is 4.15. The largest absolute Gasteiger partial charge is 0.348 e. The summed E-state index contributed by atoms with van der Waals surface area (Å²) < 4.78 is 2.09. The molecule has 1 aliphatic heterocycles. The van der Waals surface area contributed by atoms with Gasteiger partial charge in [0.05, 0.1) is 10.6 Å². The Bertz CT molecular complexity index is 774. The molecule has 1 N–H and O–H groups in total. The first-order valence-electron chi connectivity index (χ1n) is 7.17. The molecular weight excluding hydrogens is 294 g/mol. The number of nitrogens with zero attached hydrogens (tertiary/aromatic N) is 2. The first-order chi connectivity index (χ1) is 10.7. The van der Waals surface area contributed by atoms with Crippen LogP contribution in [0, 0.1) is 6.92 Å². The van der Waals surface area contributed by atoms with E-state index in [1.165, 1.54) is 11.8 Å². The minimum Gasteiger partial charge on any atom is -0.348 e. The third kappa shape index (κ3) is 2.99. The second kappa shape index (κ2) is 6.23. The number of benzene rings is 1. The summed E-state index contributed by atoms with van der Waals surface area (Å²) in [4.78, 5) is 17.3. The van der Waals surface area contributed by atoms with Gasteiger partial charge in [0.25, 0.3) is 5.91 Å². The molecule has 0 bridgehead atoms. The number of amidine groups is 1. The quantitative estimate of drug-likeness (QED) is 0.878. The van der Waals surface area contributed by atoms with Crippen molar-refractivity contribution in [3.05, 3.63) is 58.8 Å². The summed E-state index contributed by atoms with van der Waals surface area (Å²) in [5, 5.41) is 3.45. The number of aryl methyl sites for hydroxylation is 2. The second-order valence-corrected chi connectivity index (χ2v) is 6.02. The number of thioether (sulfide) groups is 1. The van der Waals surface area contributed by atoms with Gasteiger partial charge < -0.3 is 9.88 Å². The highest BCUT2D eigenvalue weighted by Gasteiger charge is 2.24. The summed E-state index contributed by atoms with van der Waals surface area (Å²) in [5.74, 6) is -0.0961. The molecule has 22 heavy (non-hydrogen) atoms. The number of para-hydroxylation sites is 1. The maximum absolute atomic E-state index is 12.1. The highest BCUT2D eigenvalue weighted by atomic mass is 32.2. The average Bonchev–Trinajstić information content (AvgIpc) is 3.09. The van der Waals surface area contributed by atoms with Crippen molar-refractivity contribution < 1.29 is 4.79 Å². The van der Waals surface area contributed by atoms with Crippen LogP contribution in [0.2, 0.25) is 0 Å². The van der Waals surface area contributed by atoms with E-state index in [-0.39, 0.29) is 5.91 Å². The van der Waals surface area contributed by atoms with Crippen LogP contribution in [0.1, 0.15) is 18.2 Å². The average molecular weight is 311 g/mol. The molecule has 1 saturated heterocycles. The lowest BCUT2D eigenvalue weighted by Gasteiger charge is -2.01. The zero-order valence-electron chi connectivity index (χ0n) is 12.5. The number of carbonyl (C=O) groups is 1. The van der Waals surface area contributed by atoms with Crippen molar-refractivity contribution in [3.63, 3.8) is 0 Å². The van der Waals surface area contributed by atoms with Gasteiger partial charge in [-0.25, -0.2) is 4.99 Å². The van der Waals surface area contributed by atoms with Crippen molar-refractivity contribution in [2.75, 3.05) is 0 Å². The van der Waals surface area contributed by atoms with E-state index < -0.39 is 0 Å². The summed E-state index contributed by atoms with van der Waals surface area (Å²) in [7, 11) is 0. The number of nitrogens with one attached hydrogen (secondary N) is 1. The van der Waals surface area contributed by atoms with Crippen LogP contribution in [0.25, 0.3) is 6.08 Å². The van der Waals surface area contributed by atoms with Crippen LogP contribution in [0.15, 0.2) is 52.5 Å². The van der Waals surface area contributed by atoms with E-state index in [1.54, 1.807) is 0 Å². The van der Waals surface area contributed by atoms with Crippen LogP contribution in [0.3, 0.4) is 0 Å². The van der Waals surface area contributed by atoms with E-state index in [0.717, 1.165) is 23.5 Å². The van der Waals surface area contributed by atoms with Gasteiger partial charge in [-0.05, 0) is 55.4 Å². The van der Waals surface area contributed by atoms with Crippen molar-refractivity contribution in [1.82, 2.24) is 9.88 Å². The van der Waals surface area contributed by atoms with Gasteiger partial charge in [0.1, 0.15) is 0 Å². The molecule has 2 aromatic rings. The van der Waals surface area contributed by atoms with Crippen molar-refractivity contribution in [2.45, 2.75) is 20.4 Å². The Balaban J connectivity index is 1.86. The zero-order valence-corrected chi connectivity index (χ0v) is 13.4. The first kappa shape index (κ1) is 14.7. The van der Waals surface area contributed by atoms with Crippen molar-refractivity contribution in [2.24, 2.45) is 4.99 Å². The molecule has 1 aromatic heterocycles. The van der Waals surface area contributed by atoms with Gasteiger partial charge in [-0.2, -0.15) is 0 Å². The highest BCUT2D eigenvalue weighted by Crippen LogP contribution is 2.29. The van der Waals surface area contributed by atoms with E-state index >= 15 is 0 Å². The number of carbonyl (C=O) groups excluding carboxylic acids is 1. The number of rotatable bonds is 3. The lowest BCUT2D eigenvalue weighted by molar-refractivity contribution is -0.115. The summed E-state index contributed by atoms with van der Waals surface area (Å²) in [6.07, 6.45) is 3.91. The summed E-state index contributed by atoms with van der Waals surface area (Å²) in [5.41, 5.74) is 2.99. The Morgan fingerprint density at radius 2 is 2.09 bits per heavy atom. The van der Waals surface area contributed by atoms with Gasteiger partial charge in [-0.15, -0.1) is 0 Å². The predicted octanol–water partition coefficient (Wildman–Crippen LogP) is 3.71. The van der Waals surface area contributed by atoms with E-state index in [0.29, 0.717) is 10.1 Å². The fourth-order valence-electron chi connectivity index (χ4n) is 2.26. The third-order valence-corrected chi connectivity index (χ3v) is 4.38. The number of aliphatic imine (C=N–C) groups is 1. The Hall–Kier alpha value is -2.27. The Labute approximate surface area is 133 Å². The van der Waals surface area contributed by atoms with Crippen molar-refractivity contribution in [1.29, 1.82) is 0 Å². The fourth-order valence-corrected chi connectivity index (χ4v) is 3.08. The van der Waals surface area contributed by atoms with Crippen LogP contribution in [-0.2, 0) is 11.3 Å². The molecule has 5 heteroatoms.